The van der Waals surface area contributed by atoms with Gasteiger partial charge >= 0.3 is 0 Å². The SMILES string of the molecule is Cl.O=S(=O)(CCNC1CCCC1C1COCCN1)c1ccc(Cl)cc1. The molecule has 3 rings (SSSR count). The third-order valence-electron chi connectivity index (χ3n) is 4.99. The summed E-state index contributed by atoms with van der Waals surface area (Å²) in [4.78, 5) is 0.332. The number of nitrogens with one attached hydrogen (secondary N) is 2. The van der Waals surface area contributed by atoms with Gasteiger partial charge in [0.15, 0.2) is 9.84 Å². The van der Waals surface area contributed by atoms with Gasteiger partial charge < -0.3 is 15.4 Å². The molecular formula is C17H26Cl2N2O3S. The number of hydrogen-bond donors (Lipinski definition) is 2. The summed E-state index contributed by atoms with van der Waals surface area (Å²) in [6, 6.07) is 7.11. The Kier molecular flexibility index (Phi) is 7.98. The molecule has 25 heavy (non-hydrogen) atoms. The van der Waals surface area contributed by atoms with Crippen molar-refractivity contribution in [2.75, 3.05) is 32.1 Å². The van der Waals surface area contributed by atoms with E-state index in [9.17, 15) is 8.42 Å². The van der Waals surface area contributed by atoms with Gasteiger partial charge in [-0.15, -0.1) is 12.4 Å². The molecule has 0 radical (unpaired) electrons. The van der Waals surface area contributed by atoms with Crippen LogP contribution < -0.4 is 10.6 Å². The molecule has 1 aromatic rings. The standard InChI is InChI=1S/C17H25ClN2O3S.ClH/c18-13-4-6-14(7-5-13)24(21,22)11-9-20-16-3-1-2-15(16)17-12-23-10-8-19-17;/h4-7,15-17,19-20H,1-3,8-12H2;1H. The monoisotopic (exact) mass is 408 g/mol. The summed E-state index contributed by atoms with van der Waals surface area (Å²) in [6.45, 7) is 2.91. The molecule has 2 fully saturated rings. The minimum absolute atomic E-state index is 0. The van der Waals surface area contributed by atoms with Crippen molar-refractivity contribution in [3.05, 3.63) is 29.3 Å². The molecule has 0 amide bonds. The number of hydrogen-bond acceptors (Lipinski definition) is 5. The van der Waals surface area contributed by atoms with Crippen molar-refractivity contribution in [2.24, 2.45) is 5.92 Å². The number of rotatable bonds is 6. The Morgan fingerprint density at radius 1 is 1.24 bits per heavy atom. The second kappa shape index (κ2) is 9.53. The molecule has 3 unspecified atom stereocenters. The van der Waals surface area contributed by atoms with Gasteiger partial charge in [-0.1, -0.05) is 18.0 Å². The van der Waals surface area contributed by atoms with Crippen LogP contribution in [0.15, 0.2) is 29.2 Å². The van der Waals surface area contributed by atoms with Crippen LogP contribution in [0.4, 0.5) is 0 Å². The van der Waals surface area contributed by atoms with Crippen LogP contribution in [-0.2, 0) is 14.6 Å². The highest BCUT2D eigenvalue weighted by molar-refractivity contribution is 7.91. The molecule has 1 aliphatic carbocycles. The Bertz CT molecular complexity index is 634. The number of benzene rings is 1. The van der Waals surface area contributed by atoms with Gasteiger partial charge in [0.2, 0.25) is 0 Å². The highest BCUT2D eigenvalue weighted by Crippen LogP contribution is 2.29. The van der Waals surface area contributed by atoms with E-state index in [1.54, 1.807) is 24.3 Å². The highest BCUT2D eigenvalue weighted by atomic mass is 35.5. The maximum atomic E-state index is 12.4. The number of ether oxygens (including phenoxy) is 1. The van der Waals surface area contributed by atoms with Crippen LogP contribution in [0.25, 0.3) is 0 Å². The molecule has 1 aromatic carbocycles. The van der Waals surface area contributed by atoms with E-state index in [1.165, 1.54) is 12.8 Å². The zero-order valence-corrected chi connectivity index (χ0v) is 16.5. The fourth-order valence-electron chi connectivity index (χ4n) is 3.72. The molecule has 1 saturated carbocycles. The van der Waals surface area contributed by atoms with Gasteiger partial charge in [-0.2, -0.15) is 0 Å². The number of sulfone groups is 1. The first kappa shape index (κ1) is 20.9. The Morgan fingerprint density at radius 3 is 2.68 bits per heavy atom. The van der Waals surface area contributed by atoms with Crippen LogP contribution in [-0.4, -0.2) is 52.6 Å². The predicted octanol–water partition coefficient (Wildman–Crippen LogP) is 2.28. The van der Waals surface area contributed by atoms with E-state index in [1.807, 2.05) is 0 Å². The lowest BCUT2D eigenvalue weighted by Gasteiger charge is -2.33. The van der Waals surface area contributed by atoms with Crippen molar-refractivity contribution in [3.63, 3.8) is 0 Å². The van der Waals surface area contributed by atoms with Crippen LogP contribution in [0.3, 0.4) is 0 Å². The van der Waals surface area contributed by atoms with Crippen molar-refractivity contribution < 1.29 is 13.2 Å². The first-order valence-electron chi connectivity index (χ1n) is 8.59. The normalized spacial score (nSPS) is 27.0. The van der Waals surface area contributed by atoms with E-state index in [-0.39, 0.29) is 18.2 Å². The molecule has 5 nitrogen and oxygen atoms in total. The lowest BCUT2D eigenvalue weighted by Crippen LogP contribution is -2.51. The summed E-state index contributed by atoms with van der Waals surface area (Å²) >= 11 is 5.82. The number of morpholine rings is 1. The second-order valence-electron chi connectivity index (χ2n) is 6.56. The van der Waals surface area contributed by atoms with Crippen molar-refractivity contribution in [3.8, 4) is 0 Å². The maximum Gasteiger partial charge on any atom is 0.179 e. The van der Waals surface area contributed by atoms with Crippen molar-refractivity contribution >= 4 is 33.8 Å². The van der Waals surface area contributed by atoms with Crippen LogP contribution in [0.5, 0.6) is 0 Å². The summed E-state index contributed by atoms with van der Waals surface area (Å²) in [5, 5.41) is 7.54. The average molecular weight is 409 g/mol. The fourth-order valence-corrected chi connectivity index (χ4v) is 5.02. The van der Waals surface area contributed by atoms with E-state index in [2.05, 4.69) is 10.6 Å². The zero-order valence-electron chi connectivity index (χ0n) is 14.1. The largest absolute Gasteiger partial charge is 0.379 e. The van der Waals surface area contributed by atoms with Crippen LogP contribution in [0.1, 0.15) is 19.3 Å². The van der Waals surface area contributed by atoms with E-state index in [0.29, 0.717) is 34.5 Å². The smallest absolute Gasteiger partial charge is 0.179 e. The Morgan fingerprint density at radius 2 is 2.00 bits per heavy atom. The first-order valence-corrected chi connectivity index (χ1v) is 10.6. The van der Waals surface area contributed by atoms with Gasteiger partial charge in [0, 0.05) is 30.2 Å². The third kappa shape index (κ3) is 5.55. The Balaban J connectivity index is 0.00000225. The van der Waals surface area contributed by atoms with Crippen molar-refractivity contribution in [1.82, 2.24) is 10.6 Å². The molecule has 3 atom stereocenters. The molecule has 2 N–H and O–H groups in total. The topological polar surface area (TPSA) is 67.4 Å². The average Bonchev–Trinajstić information content (AvgIpc) is 3.04. The summed E-state index contributed by atoms with van der Waals surface area (Å²) in [5.74, 6) is 0.621. The quantitative estimate of drug-likeness (QED) is 0.755. The first-order chi connectivity index (χ1) is 11.6. The lowest BCUT2D eigenvalue weighted by molar-refractivity contribution is 0.0527. The molecule has 2 aliphatic rings. The van der Waals surface area contributed by atoms with E-state index < -0.39 is 9.84 Å². The zero-order chi connectivity index (χ0) is 17.0. The minimum atomic E-state index is -3.27. The van der Waals surface area contributed by atoms with Gasteiger partial charge in [-0.25, -0.2) is 8.42 Å². The van der Waals surface area contributed by atoms with Crippen LogP contribution in [0.2, 0.25) is 5.02 Å². The molecule has 1 aliphatic heterocycles. The van der Waals surface area contributed by atoms with E-state index in [0.717, 1.165) is 26.2 Å². The van der Waals surface area contributed by atoms with E-state index >= 15 is 0 Å². The molecule has 8 heteroatoms. The molecule has 0 bridgehead atoms. The minimum Gasteiger partial charge on any atom is -0.379 e. The molecule has 0 aromatic heterocycles. The molecular weight excluding hydrogens is 383 g/mol. The van der Waals surface area contributed by atoms with Crippen molar-refractivity contribution in [1.29, 1.82) is 0 Å². The predicted molar refractivity (Wildman–Crippen MR) is 102 cm³/mol. The van der Waals surface area contributed by atoms with Gasteiger partial charge in [-0.05, 0) is 43.0 Å². The molecule has 0 spiro atoms. The van der Waals surface area contributed by atoms with Gasteiger partial charge in [0.25, 0.3) is 0 Å². The Labute approximate surface area is 161 Å². The highest BCUT2D eigenvalue weighted by Gasteiger charge is 2.34. The fraction of sp³-hybridized carbons (Fsp3) is 0.647. The summed E-state index contributed by atoms with van der Waals surface area (Å²) < 4.78 is 30.3. The Hall–Kier alpha value is -0.370. The molecule has 1 saturated heterocycles. The maximum absolute atomic E-state index is 12.4. The third-order valence-corrected chi connectivity index (χ3v) is 6.97. The van der Waals surface area contributed by atoms with Crippen LogP contribution in [0, 0.1) is 5.92 Å². The van der Waals surface area contributed by atoms with E-state index in [4.69, 9.17) is 16.3 Å². The summed E-state index contributed by atoms with van der Waals surface area (Å²) in [5.41, 5.74) is 0. The second-order valence-corrected chi connectivity index (χ2v) is 9.11. The molecule has 1 heterocycles. The van der Waals surface area contributed by atoms with Crippen LogP contribution >= 0.6 is 24.0 Å². The lowest BCUT2D eigenvalue weighted by atomic mass is 9.94. The van der Waals surface area contributed by atoms with Gasteiger partial charge in [0.1, 0.15) is 0 Å². The number of halogens is 2. The van der Waals surface area contributed by atoms with Crippen molar-refractivity contribution in [2.45, 2.75) is 36.2 Å². The van der Waals surface area contributed by atoms with Gasteiger partial charge in [-0.3, -0.25) is 0 Å². The summed E-state index contributed by atoms with van der Waals surface area (Å²) in [7, 11) is -3.27. The molecule has 142 valence electrons. The van der Waals surface area contributed by atoms with Gasteiger partial charge in [0.05, 0.1) is 23.9 Å². The summed E-state index contributed by atoms with van der Waals surface area (Å²) in [6.07, 6.45) is 3.46.